The molecule has 0 rings (SSSR count). The van der Waals surface area contributed by atoms with E-state index in [2.05, 4.69) is 13.8 Å². The minimum Gasteiger partial charge on any atom is -1.00 e. The maximum absolute atomic E-state index is 2.29. The fourth-order valence-corrected chi connectivity index (χ4v) is 2.27. The molecule has 0 bridgehead atoms. The molecule has 0 aromatic heterocycles. The fourth-order valence-electron chi connectivity index (χ4n) is 2.27. The van der Waals surface area contributed by atoms with Crippen molar-refractivity contribution in [2.24, 2.45) is 0 Å². The molecule has 0 spiro atoms. The Balaban J connectivity index is -0.000000375. The van der Waals surface area contributed by atoms with E-state index in [4.69, 9.17) is 0 Å². The van der Waals surface area contributed by atoms with Crippen LogP contribution in [0.1, 0.15) is 104 Å². The van der Waals surface area contributed by atoms with E-state index in [1.165, 1.54) is 89.9 Å². The van der Waals surface area contributed by atoms with Gasteiger partial charge in [-0.2, -0.15) is 0 Å². The summed E-state index contributed by atoms with van der Waals surface area (Å²) < 4.78 is 0. The molecular formula is C16H34I2Mg. The van der Waals surface area contributed by atoms with E-state index in [0.29, 0.717) is 0 Å². The normalized spacial score (nSPS) is 9.16. The molecule has 0 fully saturated rings. The average Bonchev–Trinajstić information content (AvgIpc) is 2.31. The van der Waals surface area contributed by atoms with Crippen LogP contribution in [0, 0.1) is 0 Å². The van der Waals surface area contributed by atoms with Gasteiger partial charge in [0.25, 0.3) is 0 Å². The topological polar surface area (TPSA) is 0 Å². The van der Waals surface area contributed by atoms with Gasteiger partial charge in [-0.3, -0.25) is 0 Å². The SMILES string of the molecule is CCCCCCCCCCCCCCCC.[I-].[I-].[Mg+2]. The van der Waals surface area contributed by atoms with Crippen molar-refractivity contribution >= 4 is 23.1 Å². The Morgan fingerprint density at radius 2 is 0.526 bits per heavy atom. The average molecular weight is 505 g/mol. The molecule has 0 saturated carbocycles. The standard InChI is InChI=1S/C16H34.2HI.Mg/c1-3-5-7-9-11-13-15-16-14-12-10-8-6-4-2;;;/h3-16H2,1-2H3;2*1H;/q;;;+2/p-2. The second-order valence-corrected chi connectivity index (χ2v) is 5.24. The Bertz CT molecular complexity index is 107. The van der Waals surface area contributed by atoms with Crippen molar-refractivity contribution < 1.29 is 48.0 Å². The van der Waals surface area contributed by atoms with Crippen LogP contribution in [-0.4, -0.2) is 23.1 Å². The van der Waals surface area contributed by atoms with E-state index >= 15 is 0 Å². The molecule has 0 heterocycles. The van der Waals surface area contributed by atoms with Crippen LogP contribution in [0.3, 0.4) is 0 Å². The molecule has 0 atom stereocenters. The minimum atomic E-state index is 0. The fraction of sp³-hybridized carbons (Fsp3) is 1.00. The zero-order chi connectivity index (χ0) is 11.9. The van der Waals surface area contributed by atoms with E-state index < -0.39 is 0 Å². The van der Waals surface area contributed by atoms with Crippen molar-refractivity contribution in [1.29, 1.82) is 0 Å². The van der Waals surface area contributed by atoms with E-state index in [9.17, 15) is 0 Å². The maximum atomic E-state index is 2.29. The summed E-state index contributed by atoms with van der Waals surface area (Å²) in [5, 5.41) is 0. The predicted molar refractivity (Wildman–Crippen MR) is 81.7 cm³/mol. The summed E-state index contributed by atoms with van der Waals surface area (Å²) in [4.78, 5) is 0. The van der Waals surface area contributed by atoms with E-state index in [0.717, 1.165) is 0 Å². The molecule has 3 heteroatoms. The zero-order valence-electron chi connectivity index (χ0n) is 13.4. The predicted octanol–water partition coefficient (Wildman–Crippen LogP) is 0.115. The first kappa shape index (κ1) is 29.3. The van der Waals surface area contributed by atoms with Gasteiger partial charge in [0.15, 0.2) is 0 Å². The van der Waals surface area contributed by atoms with E-state index in [1.807, 2.05) is 0 Å². The third-order valence-electron chi connectivity index (χ3n) is 3.46. The van der Waals surface area contributed by atoms with Gasteiger partial charge in [-0.15, -0.1) is 0 Å². The molecule has 0 aliphatic rings. The largest absolute Gasteiger partial charge is 2.00 e. The smallest absolute Gasteiger partial charge is 1.00 e. The summed E-state index contributed by atoms with van der Waals surface area (Å²) in [6, 6.07) is 0. The van der Waals surface area contributed by atoms with Crippen LogP contribution in [0.4, 0.5) is 0 Å². The summed E-state index contributed by atoms with van der Waals surface area (Å²) in [6.45, 7) is 4.58. The molecular weight excluding hydrogens is 470 g/mol. The molecule has 0 aliphatic heterocycles. The summed E-state index contributed by atoms with van der Waals surface area (Å²) in [5.41, 5.74) is 0. The molecule has 0 amide bonds. The molecule has 0 N–H and O–H groups in total. The molecule has 19 heavy (non-hydrogen) atoms. The molecule has 0 nitrogen and oxygen atoms in total. The van der Waals surface area contributed by atoms with E-state index in [1.54, 1.807) is 0 Å². The van der Waals surface area contributed by atoms with Crippen LogP contribution in [0.2, 0.25) is 0 Å². The zero-order valence-corrected chi connectivity index (χ0v) is 19.1. The Morgan fingerprint density at radius 3 is 0.684 bits per heavy atom. The third-order valence-corrected chi connectivity index (χ3v) is 3.46. The first-order chi connectivity index (χ1) is 7.91. The first-order valence-corrected chi connectivity index (χ1v) is 7.91. The third kappa shape index (κ3) is 29.0. The maximum Gasteiger partial charge on any atom is 2.00 e. The molecule has 0 saturated heterocycles. The quantitative estimate of drug-likeness (QED) is 0.190. The first-order valence-electron chi connectivity index (χ1n) is 7.91. The molecule has 0 aromatic rings. The van der Waals surface area contributed by atoms with Gasteiger partial charge in [0.05, 0.1) is 0 Å². The summed E-state index contributed by atoms with van der Waals surface area (Å²) in [5.74, 6) is 0. The van der Waals surface area contributed by atoms with Crippen LogP contribution in [0.15, 0.2) is 0 Å². The summed E-state index contributed by atoms with van der Waals surface area (Å²) in [6.07, 6.45) is 20.4. The van der Waals surface area contributed by atoms with Crippen LogP contribution >= 0.6 is 0 Å². The van der Waals surface area contributed by atoms with Gasteiger partial charge in [-0.05, 0) is 0 Å². The Morgan fingerprint density at radius 1 is 0.368 bits per heavy atom. The van der Waals surface area contributed by atoms with Gasteiger partial charge < -0.3 is 48.0 Å². The number of hydrogen-bond donors (Lipinski definition) is 0. The van der Waals surface area contributed by atoms with Crippen molar-refractivity contribution in [2.75, 3.05) is 0 Å². The molecule has 0 aromatic carbocycles. The molecule has 0 unspecified atom stereocenters. The molecule has 0 radical (unpaired) electrons. The van der Waals surface area contributed by atoms with Crippen LogP contribution < -0.4 is 48.0 Å². The second kappa shape index (κ2) is 28.4. The van der Waals surface area contributed by atoms with Gasteiger partial charge in [0, 0.05) is 0 Å². The Labute approximate surface area is 173 Å². The monoisotopic (exact) mass is 504 g/mol. The van der Waals surface area contributed by atoms with Crippen LogP contribution in [0.25, 0.3) is 0 Å². The second-order valence-electron chi connectivity index (χ2n) is 5.24. The van der Waals surface area contributed by atoms with Gasteiger partial charge in [-0.1, -0.05) is 104 Å². The van der Waals surface area contributed by atoms with Crippen molar-refractivity contribution in [1.82, 2.24) is 0 Å². The Hall–Kier alpha value is 2.23. The summed E-state index contributed by atoms with van der Waals surface area (Å²) >= 11 is 0. The van der Waals surface area contributed by atoms with Crippen molar-refractivity contribution in [3.05, 3.63) is 0 Å². The van der Waals surface area contributed by atoms with Gasteiger partial charge >= 0.3 is 23.1 Å². The number of halogens is 2. The van der Waals surface area contributed by atoms with Crippen molar-refractivity contribution in [3.63, 3.8) is 0 Å². The van der Waals surface area contributed by atoms with Crippen molar-refractivity contribution in [3.8, 4) is 0 Å². The van der Waals surface area contributed by atoms with E-state index in [-0.39, 0.29) is 71.0 Å². The van der Waals surface area contributed by atoms with Crippen molar-refractivity contribution in [2.45, 2.75) is 104 Å². The Kier molecular flexibility index (Phi) is 43.7. The van der Waals surface area contributed by atoms with Gasteiger partial charge in [0.1, 0.15) is 0 Å². The number of unbranched alkanes of at least 4 members (excludes halogenated alkanes) is 13. The van der Waals surface area contributed by atoms with Crippen LogP contribution in [-0.2, 0) is 0 Å². The number of rotatable bonds is 13. The van der Waals surface area contributed by atoms with Crippen LogP contribution in [0.5, 0.6) is 0 Å². The molecule has 0 aliphatic carbocycles. The minimum absolute atomic E-state index is 0. The molecule has 114 valence electrons. The van der Waals surface area contributed by atoms with Gasteiger partial charge in [-0.25, -0.2) is 0 Å². The van der Waals surface area contributed by atoms with Gasteiger partial charge in [0.2, 0.25) is 0 Å². The number of hydrogen-bond acceptors (Lipinski definition) is 0. The summed E-state index contributed by atoms with van der Waals surface area (Å²) in [7, 11) is 0.